The van der Waals surface area contributed by atoms with E-state index in [1.165, 1.54) is 4.88 Å². The Bertz CT molecular complexity index is 479. The molecule has 0 spiro atoms. The van der Waals surface area contributed by atoms with Crippen LogP contribution in [0, 0.1) is 6.92 Å². The molecule has 82 valence electrons. The molecule has 16 heavy (non-hydrogen) atoms. The van der Waals surface area contributed by atoms with E-state index in [9.17, 15) is 4.79 Å². The van der Waals surface area contributed by atoms with E-state index in [0.717, 1.165) is 10.6 Å². The second-order valence-corrected chi connectivity index (χ2v) is 4.85. The van der Waals surface area contributed by atoms with Crippen LogP contribution in [-0.2, 0) is 11.2 Å². The molecule has 4 heteroatoms. The fourth-order valence-electron chi connectivity index (χ4n) is 1.38. The fraction of sp³-hybridized carbons (Fsp3) is 0.167. The van der Waals surface area contributed by atoms with E-state index in [0.29, 0.717) is 6.42 Å². The largest absolute Gasteiger partial charge is 0.324 e. The summed E-state index contributed by atoms with van der Waals surface area (Å²) in [7, 11) is 0. The molecule has 2 rings (SSSR count). The maximum absolute atomic E-state index is 11.7. The number of amides is 1. The number of hydrogen-bond donors (Lipinski definition) is 1. The van der Waals surface area contributed by atoms with Crippen molar-refractivity contribution < 1.29 is 4.79 Å². The van der Waals surface area contributed by atoms with E-state index in [-0.39, 0.29) is 5.91 Å². The van der Waals surface area contributed by atoms with Gasteiger partial charge in [-0.15, -0.1) is 11.3 Å². The molecule has 0 atom stereocenters. The molecule has 0 aliphatic carbocycles. The number of carbonyl (C=O) groups excluding carboxylic acids is 1. The van der Waals surface area contributed by atoms with Crippen LogP contribution >= 0.6 is 11.3 Å². The summed E-state index contributed by atoms with van der Waals surface area (Å²) in [6, 6.07) is 7.63. The second-order valence-electron chi connectivity index (χ2n) is 3.48. The number of carbonyl (C=O) groups is 1. The van der Waals surface area contributed by atoms with Crippen molar-refractivity contribution in [2.45, 2.75) is 13.3 Å². The van der Waals surface area contributed by atoms with Gasteiger partial charge in [0.05, 0.1) is 18.3 Å². The Morgan fingerprint density at radius 3 is 2.94 bits per heavy atom. The molecule has 0 aliphatic heterocycles. The Hall–Kier alpha value is -1.68. The lowest BCUT2D eigenvalue weighted by atomic mass is 10.3. The van der Waals surface area contributed by atoms with Gasteiger partial charge in [0, 0.05) is 16.0 Å². The van der Waals surface area contributed by atoms with E-state index in [1.807, 2.05) is 25.1 Å². The van der Waals surface area contributed by atoms with Crippen molar-refractivity contribution in [3.05, 3.63) is 46.4 Å². The van der Waals surface area contributed by atoms with Crippen molar-refractivity contribution in [3.8, 4) is 0 Å². The minimum atomic E-state index is -0.00477. The highest BCUT2D eigenvalue weighted by atomic mass is 32.1. The number of nitrogens with zero attached hydrogens (tertiary/aromatic N) is 1. The summed E-state index contributed by atoms with van der Waals surface area (Å²) in [5, 5.41) is 2.80. The van der Waals surface area contributed by atoms with Gasteiger partial charge in [-0.2, -0.15) is 0 Å². The van der Waals surface area contributed by atoms with Gasteiger partial charge < -0.3 is 5.32 Å². The Balaban J connectivity index is 1.95. The van der Waals surface area contributed by atoms with Crippen LogP contribution in [0.1, 0.15) is 9.75 Å². The standard InChI is InChI=1S/C12H12N2OS/c1-9-4-5-11(16-9)7-12(15)14-10-3-2-6-13-8-10/h2-6,8H,7H2,1H3,(H,14,15). The minimum absolute atomic E-state index is 0.00477. The van der Waals surface area contributed by atoms with Crippen LogP contribution in [0.5, 0.6) is 0 Å². The summed E-state index contributed by atoms with van der Waals surface area (Å²) in [5.74, 6) is -0.00477. The quantitative estimate of drug-likeness (QED) is 0.884. The third-order valence-corrected chi connectivity index (χ3v) is 3.08. The van der Waals surface area contributed by atoms with Gasteiger partial charge in [0.25, 0.3) is 0 Å². The zero-order valence-corrected chi connectivity index (χ0v) is 9.75. The van der Waals surface area contributed by atoms with E-state index >= 15 is 0 Å². The smallest absolute Gasteiger partial charge is 0.229 e. The van der Waals surface area contributed by atoms with Gasteiger partial charge in [-0.05, 0) is 31.2 Å². The SMILES string of the molecule is Cc1ccc(CC(=O)Nc2cccnc2)s1. The molecule has 2 heterocycles. The molecule has 0 fully saturated rings. The van der Waals surface area contributed by atoms with Gasteiger partial charge in [0.15, 0.2) is 0 Å². The molecule has 0 aliphatic rings. The summed E-state index contributed by atoms with van der Waals surface area (Å²) in [4.78, 5) is 17.9. The number of rotatable bonds is 3. The van der Waals surface area contributed by atoms with Crippen molar-refractivity contribution in [2.75, 3.05) is 5.32 Å². The number of aromatic nitrogens is 1. The Morgan fingerprint density at radius 2 is 2.31 bits per heavy atom. The van der Waals surface area contributed by atoms with Crippen molar-refractivity contribution >= 4 is 22.9 Å². The number of thiophene rings is 1. The van der Waals surface area contributed by atoms with Crippen LogP contribution < -0.4 is 5.32 Å². The first-order valence-corrected chi connectivity index (χ1v) is 5.81. The molecule has 3 nitrogen and oxygen atoms in total. The molecule has 1 amide bonds. The molecule has 0 saturated carbocycles. The summed E-state index contributed by atoms with van der Waals surface area (Å²) in [5.41, 5.74) is 0.737. The van der Waals surface area contributed by atoms with Gasteiger partial charge in [0.1, 0.15) is 0 Å². The molecule has 0 bridgehead atoms. The van der Waals surface area contributed by atoms with Gasteiger partial charge in [-0.3, -0.25) is 9.78 Å². The number of pyridine rings is 1. The maximum atomic E-state index is 11.7. The van der Waals surface area contributed by atoms with E-state index in [2.05, 4.69) is 10.3 Å². The lowest BCUT2D eigenvalue weighted by Gasteiger charge is -2.02. The van der Waals surface area contributed by atoms with Gasteiger partial charge in [-0.1, -0.05) is 0 Å². The van der Waals surface area contributed by atoms with Crippen molar-refractivity contribution in [1.82, 2.24) is 4.98 Å². The third-order valence-electron chi connectivity index (χ3n) is 2.08. The first-order chi connectivity index (χ1) is 7.74. The number of anilines is 1. The van der Waals surface area contributed by atoms with Crippen LogP contribution in [0.4, 0.5) is 5.69 Å². The average Bonchev–Trinajstić information content (AvgIpc) is 2.65. The molecule has 1 N–H and O–H groups in total. The van der Waals surface area contributed by atoms with Crippen LogP contribution in [0.3, 0.4) is 0 Å². The highest BCUT2D eigenvalue weighted by Crippen LogP contribution is 2.16. The molecule has 2 aromatic heterocycles. The van der Waals surface area contributed by atoms with Gasteiger partial charge in [-0.25, -0.2) is 0 Å². The van der Waals surface area contributed by atoms with Crippen LogP contribution in [-0.4, -0.2) is 10.9 Å². The number of nitrogens with one attached hydrogen (secondary N) is 1. The van der Waals surface area contributed by atoms with Gasteiger partial charge >= 0.3 is 0 Å². The van der Waals surface area contributed by atoms with E-state index in [4.69, 9.17) is 0 Å². The summed E-state index contributed by atoms with van der Waals surface area (Å²) in [6.45, 7) is 2.03. The second kappa shape index (κ2) is 4.90. The molecule has 0 aromatic carbocycles. The summed E-state index contributed by atoms with van der Waals surface area (Å²) < 4.78 is 0. The number of hydrogen-bond acceptors (Lipinski definition) is 3. The molecular formula is C12H12N2OS. The first-order valence-electron chi connectivity index (χ1n) is 4.99. The first kappa shape index (κ1) is 10.8. The lowest BCUT2D eigenvalue weighted by molar-refractivity contribution is -0.115. The van der Waals surface area contributed by atoms with Crippen molar-refractivity contribution in [2.24, 2.45) is 0 Å². The zero-order chi connectivity index (χ0) is 11.4. The zero-order valence-electron chi connectivity index (χ0n) is 8.93. The van der Waals surface area contributed by atoms with Crippen molar-refractivity contribution in [3.63, 3.8) is 0 Å². The molecule has 2 aromatic rings. The molecule has 0 radical (unpaired) electrons. The Kier molecular flexibility index (Phi) is 3.31. The third kappa shape index (κ3) is 2.90. The highest BCUT2D eigenvalue weighted by Gasteiger charge is 2.05. The maximum Gasteiger partial charge on any atom is 0.229 e. The summed E-state index contributed by atoms with van der Waals surface area (Å²) in [6.07, 6.45) is 3.74. The Labute approximate surface area is 98.2 Å². The monoisotopic (exact) mass is 232 g/mol. The highest BCUT2D eigenvalue weighted by molar-refractivity contribution is 7.12. The lowest BCUT2D eigenvalue weighted by Crippen LogP contribution is -2.13. The van der Waals surface area contributed by atoms with Crippen LogP contribution in [0.2, 0.25) is 0 Å². The van der Waals surface area contributed by atoms with Crippen molar-refractivity contribution in [1.29, 1.82) is 0 Å². The minimum Gasteiger partial charge on any atom is -0.324 e. The number of aryl methyl sites for hydroxylation is 1. The van der Waals surface area contributed by atoms with Crippen LogP contribution in [0.25, 0.3) is 0 Å². The molecule has 0 unspecified atom stereocenters. The van der Waals surface area contributed by atoms with Gasteiger partial charge in [0.2, 0.25) is 5.91 Å². The predicted octanol–water partition coefficient (Wildman–Crippen LogP) is 2.63. The molecule has 0 saturated heterocycles. The normalized spacial score (nSPS) is 10.1. The van der Waals surface area contributed by atoms with Crippen LogP contribution in [0.15, 0.2) is 36.7 Å². The van der Waals surface area contributed by atoms with E-state index < -0.39 is 0 Å². The van der Waals surface area contributed by atoms with E-state index in [1.54, 1.807) is 29.8 Å². The molecular weight excluding hydrogens is 220 g/mol. The fourth-order valence-corrected chi connectivity index (χ4v) is 2.27. The summed E-state index contributed by atoms with van der Waals surface area (Å²) >= 11 is 1.65. The Morgan fingerprint density at radius 1 is 1.44 bits per heavy atom. The predicted molar refractivity (Wildman–Crippen MR) is 65.6 cm³/mol. The average molecular weight is 232 g/mol. The topological polar surface area (TPSA) is 42.0 Å².